The van der Waals surface area contributed by atoms with Gasteiger partial charge in [0, 0.05) is 5.54 Å². The highest BCUT2D eigenvalue weighted by Crippen LogP contribution is 2.19. The van der Waals surface area contributed by atoms with E-state index in [0.29, 0.717) is 0 Å². The fraction of sp³-hybridized carbons (Fsp3) is 0.312. The summed E-state index contributed by atoms with van der Waals surface area (Å²) in [5.74, 6) is 0. The predicted molar refractivity (Wildman–Crippen MR) is 77.0 cm³/mol. The summed E-state index contributed by atoms with van der Waals surface area (Å²) in [6.45, 7) is 6.05. The van der Waals surface area contributed by atoms with Gasteiger partial charge in [0.2, 0.25) is 0 Å². The van der Waals surface area contributed by atoms with E-state index >= 15 is 0 Å². The van der Waals surface area contributed by atoms with E-state index in [4.69, 9.17) is 4.74 Å². The summed E-state index contributed by atoms with van der Waals surface area (Å²) in [6, 6.07) is 14.1. The van der Waals surface area contributed by atoms with Crippen LogP contribution in [0, 0.1) is 0 Å². The van der Waals surface area contributed by atoms with Crippen molar-refractivity contribution >= 4 is 16.9 Å². The van der Waals surface area contributed by atoms with Crippen molar-refractivity contribution < 1.29 is 9.53 Å². The van der Waals surface area contributed by atoms with Crippen LogP contribution in [0.3, 0.4) is 0 Å². The molecule has 0 bridgehead atoms. The normalized spacial score (nSPS) is 11.3. The fourth-order valence-corrected chi connectivity index (χ4v) is 1.90. The minimum Gasteiger partial charge on any atom is -0.445 e. The second kappa shape index (κ2) is 5.31. The topological polar surface area (TPSA) is 38.3 Å². The molecule has 0 aliphatic heterocycles. The van der Waals surface area contributed by atoms with Crippen LogP contribution in [0.15, 0.2) is 42.5 Å². The zero-order chi connectivity index (χ0) is 13.9. The highest BCUT2D eigenvalue weighted by molar-refractivity contribution is 5.85. The first-order valence-electron chi connectivity index (χ1n) is 6.37. The third-order valence-electron chi connectivity index (χ3n) is 2.72. The van der Waals surface area contributed by atoms with Gasteiger partial charge in [-0.05, 0) is 37.1 Å². The molecule has 2 aromatic carbocycles. The van der Waals surface area contributed by atoms with Gasteiger partial charge in [0.1, 0.15) is 6.61 Å². The number of benzene rings is 2. The van der Waals surface area contributed by atoms with Crippen molar-refractivity contribution in [2.75, 3.05) is 0 Å². The maximum atomic E-state index is 11.6. The number of hydrogen-bond acceptors (Lipinski definition) is 2. The first kappa shape index (κ1) is 13.4. The van der Waals surface area contributed by atoms with Crippen LogP contribution >= 0.6 is 0 Å². The molecule has 1 amide bonds. The van der Waals surface area contributed by atoms with Crippen molar-refractivity contribution in [1.82, 2.24) is 5.32 Å². The molecular formula is C16H19NO2. The van der Waals surface area contributed by atoms with E-state index in [2.05, 4.69) is 5.32 Å². The molecule has 0 radical (unpaired) electrons. The number of hydrogen-bond donors (Lipinski definition) is 1. The molecule has 1 N–H and O–H groups in total. The SMILES string of the molecule is CC(C)(C)NC(=O)OCc1cccc2ccccc12. The monoisotopic (exact) mass is 257 g/mol. The lowest BCUT2D eigenvalue weighted by Gasteiger charge is -2.20. The smallest absolute Gasteiger partial charge is 0.407 e. The Morgan fingerprint density at radius 2 is 1.79 bits per heavy atom. The quantitative estimate of drug-likeness (QED) is 0.887. The van der Waals surface area contributed by atoms with Crippen LogP contribution in [0.5, 0.6) is 0 Å². The molecule has 3 heteroatoms. The summed E-state index contributed by atoms with van der Waals surface area (Å²) in [5.41, 5.74) is 0.734. The van der Waals surface area contributed by atoms with Crippen LogP contribution in [-0.4, -0.2) is 11.6 Å². The molecule has 0 saturated heterocycles. The number of amides is 1. The average Bonchev–Trinajstić information content (AvgIpc) is 2.34. The number of carbonyl (C=O) groups excluding carboxylic acids is 1. The van der Waals surface area contributed by atoms with Gasteiger partial charge >= 0.3 is 6.09 Å². The maximum Gasteiger partial charge on any atom is 0.407 e. The Morgan fingerprint density at radius 3 is 2.53 bits per heavy atom. The fourth-order valence-electron chi connectivity index (χ4n) is 1.90. The summed E-state index contributed by atoms with van der Waals surface area (Å²) >= 11 is 0. The number of ether oxygens (including phenoxy) is 1. The molecule has 0 aliphatic carbocycles. The highest BCUT2D eigenvalue weighted by Gasteiger charge is 2.14. The zero-order valence-corrected chi connectivity index (χ0v) is 11.6. The third-order valence-corrected chi connectivity index (χ3v) is 2.72. The van der Waals surface area contributed by atoms with Gasteiger partial charge in [-0.2, -0.15) is 0 Å². The molecule has 0 atom stereocenters. The Hall–Kier alpha value is -2.03. The van der Waals surface area contributed by atoms with Crippen molar-refractivity contribution in [3.63, 3.8) is 0 Å². The van der Waals surface area contributed by atoms with E-state index in [1.807, 2.05) is 63.2 Å². The molecule has 0 fully saturated rings. The van der Waals surface area contributed by atoms with Crippen molar-refractivity contribution in [3.05, 3.63) is 48.0 Å². The molecule has 0 heterocycles. The first-order valence-corrected chi connectivity index (χ1v) is 6.37. The largest absolute Gasteiger partial charge is 0.445 e. The molecule has 0 unspecified atom stereocenters. The van der Waals surface area contributed by atoms with Crippen LogP contribution in [-0.2, 0) is 11.3 Å². The van der Waals surface area contributed by atoms with Crippen molar-refractivity contribution in [3.8, 4) is 0 Å². The summed E-state index contributed by atoms with van der Waals surface area (Å²) < 4.78 is 5.26. The predicted octanol–water partition coefficient (Wildman–Crippen LogP) is 3.86. The van der Waals surface area contributed by atoms with Crippen LogP contribution < -0.4 is 5.32 Å². The second-order valence-corrected chi connectivity index (χ2v) is 5.59. The zero-order valence-electron chi connectivity index (χ0n) is 11.6. The molecule has 2 aromatic rings. The van der Waals surface area contributed by atoms with Gasteiger partial charge in [0.15, 0.2) is 0 Å². The molecule has 19 heavy (non-hydrogen) atoms. The Kier molecular flexibility index (Phi) is 3.74. The molecule has 0 spiro atoms. The number of nitrogens with one attached hydrogen (secondary N) is 1. The van der Waals surface area contributed by atoms with Crippen molar-refractivity contribution in [2.24, 2.45) is 0 Å². The maximum absolute atomic E-state index is 11.6. The van der Waals surface area contributed by atoms with E-state index in [9.17, 15) is 4.79 Å². The first-order chi connectivity index (χ1) is 8.96. The van der Waals surface area contributed by atoms with Crippen molar-refractivity contribution in [2.45, 2.75) is 32.9 Å². The summed E-state index contributed by atoms with van der Waals surface area (Å²) in [7, 11) is 0. The van der Waals surface area contributed by atoms with Crippen LogP contribution in [0.4, 0.5) is 4.79 Å². The number of rotatable bonds is 2. The number of alkyl carbamates (subject to hydrolysis) is 1. The Labute approximate surface area is 113 Å². The van der Waals surface area contributed by atoms with Crippen LogP contribution in [0.1, 0.15) is 26.3 Å². The summed E-state index contributed by atoms with van der Waals surface area (Å²) in [4.78, 5) is 11.6. The van der Waals surface area contributed by atoms with E-state index in [1.54, 1.807) is 0 Å². The van der Waals surface area contributed by atoms with Crippen LogP contribution in [0.2, 0.25) is 0 Å². The van der Waals surface area contributed by atoms with Crippen molar-refractivity contribution in [1.29, 1.82) is 0 Å². The average molecular weight is 257 g/mol. The molecule has 0 aromatic heterocycles. The Balaban J connectivity index is 2.08. The highest BCUT2D eigenvalue weighted by atomic mass is 16.5. The van der Waals surface area contributed by atoms with E-state index in [1.165, 1.54) is 0 Å². The number of fused-ring (bicyclic) bond motifs is 1. The standard InChI is InChI=1S/C16H19NO2/c1-16(2,3)17-15(18)19-11-13-9-6-8-12-7-4-5-10-14(12)13/h4-10H,11H2,1-3H3,(H,17,18). The van der Waals surface area contributed by atoms with Gasteiger partial charge in [-0.25, -0.2) is 4.79 Å². The van der Waals surface area contributed by atoms with Crippen LogP contribution in [0.25, 0.3) is 10.8 Å². The minimum absolute atomic E-state index is 0.281. The van der Waals surface area contributed by atoms with Gasteiger partial charge in [0.05, 0.1) is 0 Å². The van der Waals surface area contributed by atoms with Gasteiger partial charge in [-0.3, -0.25) is 0 Å². The Morgan fingerprint density at radius 1 is 1.11 bits per heavy atom. The molecule has 3 nitrogen and oxygen atoms in total. The molecular weight excluding hydrogens is 238 g/mol. The molecule has 0 saturated carbocycles. The van der Waals surface area contributed by atoms with E-state index < -0.39 is 0 Å². The molecule has 2 rings (SSSR count). The second-order valence-electron chi connectivity index (χ2n) is 5.59. The lowest BCUT2D eigenvalue weighted by molar-refractivity contribution is 0.131. The molecule has 100 valence electrons. The molecule has 0 aliphatic rings. The third kappa shape index (κ3) is 3.71. The lowest BCUT2D eigenvalue weighted by atomic mass is 10.1. The number of carbonyl (C=O) groups is 1. The van der Waals surface area contributed by atoms with E-state index in [-0.39, 0.29) is 18.2 Å². The summed E-state index contributed by atoms with van der Waals surface area (Å²) in [5, 5.41) is 5.05. The van der Waals surface area contributed by atoms with E-state index in [0.717, 1.165) is 16.3 Å². The van der Waals surface area contributed by atoms with Gasteiger partial charge in [-0.15, -0.1) is 0 Å². The summed E-state index contributed by atoms with van der Waals surface area (Å²) in [6.07, 6.45) is -0.388. The van der Waals surface area contributed by atoms with Gasteiger partial charge < -0.3 is 10.1 Å². The minimum atomic E-state index is -0.388. The van der Waals surface area contributed by atoms with Gasteiger partial charge in [0.25, 0.3) is 0 Å². The Bertz CT molecular complexity index is 579. The van der Waals surface area contributed by atoms with Gasteiger partial charge in [-0.1, -0.05) is 42.5 Å². The lowest BCUT2D eigenvalue weighted by Crippen LogP contribution is -2.40.